The molecule has 0 aromatic carbocycles. The van der Waals surface area contributed by atoms with Crippen LogP contribution in [0.15, 0.2) is 21.0 Å². The molecule has 4 heteroatoms. The summed E-state index contributed by atoms with van der Waals surface area (Å²) < 4.78 is 1.84. The molecule has 1 aliphatic rings. The zero-order chi connectivity index (χ0) is 7.56. The summed E-state index contributed by atoms with van der Waals surface area (Å²) in [6.07, 6.45) is 6.11. The second-order valence-electron chi connectivity index (χ2n) is 3.12. The SMILES string of the molecule is CC1=CC[C]([Zr+2][SiH](C)C)=C1.[Cl-].[Cl-]. The first-order valence-electron chi connectivity index (χ1n) is 3.82. The van der Waals surface area contributed by atoms with E-state index in [2.05, 4.69) is 32.2 Å². The fraction of sp³-hybridized carbons (Fsp3) is 0.500. The number of allylic oxidation sites excluding steroid dienone is 4. The molecule has 68 valence electrons. The van der Waals surface area contributed by atoms with Crippen LogP contribution in [-0.2, 0) is 22.4 Å². The van der Waals surface area contributed by atoms with E-state index in [4.69, 9.17) is 0 Å². The average Bonchev–Trinajstić information content (AvgIpc) is 2.13. The molecule has 0 fully saturated rings. The minimum absolute atomic E-state index is 0. The standard InChI is InChI=1S/C6H7.C2H7Si.2ClH.Zr/c1-6-4-2-3-5-6;1-3-2;;;/h4-5H,2H2,1H3;3H,1-2H3;2*1H;/q;;;;+2/p-2. The number of hydrogen-bond donors (Lipinski definition) is 0. The summed E-state index contributed by atoms with van der Waals surface area (Å²) in [5.41, 5.74) is 1.51. The molecule has 0 heterocycles. The zero-order valence-corrected chi connectivity index (χ0v) is 12.8. The van der Waals surface area contributed by atoms with Gasteiger partial charge in [-0.25, -0.2) is 0 Å². The van der Waals surface area contributed by atoms with Gasteiger partial charge >= 0.3 is 75.8 Å². The van der Waals surface area contributed by atoms with Gasteiger partial charge in [-0.2, -0.15) is 0 Å². The van der Waals surface area contributed by atoms with Crippen LogP contribution in [-0.4, -0.2) is 5.92 Å². The van der Waals surface area contributed by atoms with Gasteiger partial charge in [0.15, 0.2) is 0 Å². The number of rotatable bonds is 2. The maximum absolute atomic E-state index is 2.49. The summed E-state index contributed by atoms with van der Waals surface area (Å²) in [6, 6.07) is 0. The van der Waals surface area contributed by atoms with E-state index in [0.29, 0.717) is 0 Å². The van der Waals surface area contributed by atoms with Crippen molar-refractivity contribution in [3.63, 3.8) is 0 Å². The molecule has 0 aromatic rings. The van der Waals surface area contributed by atoms with Crippen molar-refractivity contribution in [1.29, 1.82) is 0 Å². The van der Waals surface area contributed by atoms with E-state index in [-0.39, 0.29) is 53.1 Å². The maximum atomic E-state index is 2.49. The van der Waals surface area contributed by atoms with Crippen molar-refractivity contribution in [1.82, 2.24) is 0 Å². The summed E-state index contributed by atoms with van der Waals surface area (Å²) >= 11 is -0.0239. The van der Waals surface area contributed by atoms with Gasteiger partial charge < -0.3 is 24.8 Å². The smallest absolute Gasteiger partial charge is 1.00 e. The molecule has 1 rings (SSSR count). The van der Waals surface area contributed by atoms with Gasteiger partial charge in [0, 0.05) is 0 Å². The molecule has 0 aliphatic heterocycles. The Bertz CT molecular complexity index is 187. The van der Waals surface area contributed by atoms with Crippen molar-refractivity contribution in [3.05, 3.63) is 21.0 Å². The third-order valence-corrected chi connectivity index (χ3v) is 10.3. The van der Waals surface area contributed by atoms with Crippen molar-refractivity contribution in [2.45, 2.75) is 26.4 Å². The van der Waals surface area contributed by atoms with Gasteiger partial charge in [-0.05, 0) is 0 Å². The summed E-state index contributed by atoms with van der Waals surface area (Å²) in [5, 5.41) is 0. The fourth-order valence-corrected chi connectivity index (χ4v) is 9.84. The van der Waals surface area contributed by atoms with E-state index in [1.807, 2.05) is 3.28 Å². The predicted octanol–water partition coefficient (Wildman–Crippen LogP) is -3.71. The molecule has 12 heavy (non-hydrogen) atoms. The molecular formula is C8H14Cl2SiZr. The Morgan fingerprint density at radius 1 is 1.33 bits per heavy atom. The van der Waals surface area contributed by atoms with Crippen LogP contribution in [0, 0.1) is 0 Å². The summed E-state index contributed by atoms with van der Waals surface area (Å²) in [5.74, 6) is -0.183. The summed E-state index contributed by atoms with van der Waals surface area (Å²) in [6.45, 7) is 7.19. The van der Waals surface area contributed by atoms with Crippen LogP contribution in [0.5, 0.6) is 0 Å². The Balaban J connectivity index is 0. The van der Waals surface area contributed by atoms with E-state index in [0.717, 1.165) is 0 Å². The van der Waals surface area contributed by atoms with Crippen molar-refractivity contribution >= 4 is 5.92 Å². The predicted molar refractivity (Wildman–Crippen MR) is 45.3 cm³/mol. The number of halogens is 2. The Labute approximate surface area is 99.8 Å². The van der Waals surface area contributed by atoms with E-state index in [1.165, 1.54) is 12.0 Å². The molecule has 0 atom stereocenters. The van der Waals surface area contributed by atoms with Gasteiger partial charge in [0.05, 0.1) is 0 Å². The van der Waals surface area contributed by atoms with Crippen molar-refractivity contribution in [3.8, 4) is 0 Å². The van der Waals surface area contributed by atoms with Crippen molar-refractivity contribution in [2.75, 3.05) is 0 Å². The Morgan fingerprint density at radius 3 is 2.25 bits per heavy atom. The summed E-state index contributed by atoms with van der Waals surface area (Å²) in [7, 11) is 0. The quantitative estimate of drug-likeness (QED) is 0.461. The molecule has 0 nitrogen and oxygen atoms in total. The van der Waals surface area contributed by atoms with Gasteiger partial charge in [0.2, 0.25) is 0 Å². The van der Waals surface area contributed by atoms with E-state index < -0.39 is 0 Å². The maximum Gasteiger partial charge on any atom is -1.00 e. The van der Waals surface area contributed by atoms with Crippen LogP contribution in [0.1, 0.15) is 13.3 Å². The third-order valence-electron chi connectivity index (χ3n) is 1.52. The molecule has 0 N–H and O–H groups in total. The molecule has 0 spiro atoms. The normalized spacial score (nSPS) is 14.0. The van der Waals surface area contributed by atoms with Crippen LogP contribution < -0.4 is 24.8 Å². The first-order chi connectivity index (χ1) is 4.68. The fourth-order valence-electron chi connectivity index (χ4n) is 1.14. The van der Waals surface area contributed by atoms with Crippen LogP contribution in [0.2, 0.25) is 13.1 Å². The van der Waals surface area contributed by atoms with Gasteiger partial charge in [-0.15, -0.1) is 0 Å². The molecule has 0 radical (unpaired) electrons. The molecular weight excluding hydrogens is 286 g/mol. The second-order valence-corrected chi connectivity index (χ2v) is 17.9. The monoisotopic (exact) mass is 298 g/mol. The minimum atomic E-state index is -0.183. The van der Waals surface area contributed by atoms with Crippen LogP contribution in [0.3, 0.4) is 0 Å². The number of hydrogen-bond acceptors (Lipinski definition) is 0. The third kappa shape index (κ3) is 5.75. The van der Waals surface area contributed by atoms with Crippen LogP contribution in [0.4, 0.5) is 0 Å². The Hall–Kier alpha value is 1.16. The molecule has 0 saturated heterocycles. The average molecular weight is 300 g/mol. The van der Waals surface area contributed by atoms with Gasteiger partial charge in [-0.3, -0.25) is 0 Å². The van der Waals surface area contributed by atoms with Gasteiger partial charge in [0.1, 0.15) is 0 Å². The molecule has 0 aromatic heterocycles. The molecule has 0 saturated carbocycles. The van der Waals surface area contributed by atoms with E-state index in [1.54, 1.807) is 0 Å². The van der Waals surface area contributed by atoms with Crippen molar-refractivity contribution in [2.24, 2.45) is 0 Å². The molecule has 0 bridgehead atoms. The summed E-state index contributed by atoms with van der Waals surface area (Å²) in [4.78, 5) is 0. The van der Waals surface area contributed by atoms with Crippen molar-refractivity contribution < 1.29 is 47.2 Å². The van der Waals surface area contributed by atoms with Gasteiger partial charge in [-0.1, -0.05) is 0 Å². The topological polar surface area (TPSA) is 0 Å². The van der Waals surface area contributed by atoms with Crippen LogP contribution in [0.25, 0.3) is 0 Å². The first-order valence-corrected chi connectivity index (χ1v) is 12.2. The largest absolute Gasteiger partial charge is 1.00 e. The van der Waals surface area contributed by atoms with E-state index >= 15 is 0 Å². The van der Waals surface area contributed by atoms with Crippen LogP contribution >= 0.6 is 0 Å². The molecule has 0 unspecified atom stereocenters. The first kappa shape index (κ1) is 15.6. The second kappa shape index (κ2) is 7.55. The Morgan fingerprint density at radius 2 is 1.92 bits per heavy atom. The minimum Gasteiger partial charge on any atom is -1.00 e. The molecule has 0 amide bonds. The van der Waals surface area contributed by atoms with Gasteiger partial charge in [0.25, 0.3) is 0 Å². The zero-order valence-electron chi connectivity index (χ0n) is 7.70. The Kier molecular flexibility index (Phi) is 9.83. The van der Waals surface area contributed by atoms with E-state index in [9.17, 15) is 0 Å². The molecule has 1 aliphatic carbocycles.